The molecule has 0 N–H and O–H groups in total. The third-order valence-electron chi connectivity index (χ3n) is 10.8. The van der Waals surface area contributed by atoms with Crippen LogP contribution in [0.4, 0.5) is 0 Å². The lowest BCUT2D eigenvalue weighted by molar-refractivity contribution is -0.166. The minimum absolute atomic E-state index is 0.106. The van der Waals surface area contributed by atoms with Crippen LogP contribution in [0.1, 0.15) is 233 Å². The lowest BCUT2D eigenvalue weighted by Gasteiger charge is -2.18. The van der Waals surface area contributed by atoms with Crippen molar-refractivity contribution >= 4 is 17.9 Å². The number of unbranched alkanes of at least 4 members (excludes halogenated alkanes) is 19. The second-order valence-electron chi connectivity index (χ2n) is 17.1. The summed E-state index contributed by atoms with van der Waals surface area (Å²) in [5.74, 6) is -1.01. The highest BCUT2D eigenvalue weighted by atomic mass is 16.6. The summed E-state index contributed by atoms with van der Waals surface area (Å²) in [4.78, 5) is 37.9. The van der Waals surface area contributed by atoms with Crippen molar-refractivity contribution in [2.45, 2.75) is 239 Å². The highest BCUT2D eigenvalue weighted by Crippen LogP contribution is 2.14. The second-order valence-corrected chi connectivity index (χ2v) is 17.1. The SMILES string of the molecule is CC/C=C\C/C=C\C/C=C\C/C=C\C/C=C\C/C=C\CCC(=O)OCC(COC(=O)CCCCCCCCCCCCC)OC(=O)CCCCCCC/C=C\C/C=C\CCCCCC. The molecule has 6 nitrogen and oxygen atoms in total. The Morgan fingerprint density at radius 3 is 1.06 bits per heavy atom. The van der Waals surface area contributed by atoms with Crippen molar-refractivity contribution in [1.29, 1.82) is 0 Å². The smallest absolute Gasteiger partial charge is 0.306 e. The Morgan fingerprint density at radius 2 is 0.641 bits per heavy atom. The first-order valence-corrected chi connectivity index (χ1v) is 26.2. The van der Waals surface area contributed by atoms with Crippen LogP contribution >= 0.6 is 0 Å². The third kappa shape index (κ3) is 49.3. The number of hydrogen-bond acceptors (Lipinski definition) is 6. The lowest BCUT2D eigenvalue weighted by atomic mass is 10.1. The lowest BCUT2D eigenvalue weighted by Crippen LogP contribution is -2.30. The zero-order chi connectivity index (χ0) is 46.5. The Labute approximate surface area is 394 Å². The molecule has 0 fully saturated rings. The van der Waals surface area contributed by atoms with Gasteiger partial charge in [-0.25, -0.2) is 0 Å². The summed E-state index contributed by atoms with van der Waals surface area (Å²) in [6.07, 6.45) is 68.3. The van der Waals surface area contributed by atoms with E-state index in [1.54, 1.807) is 0 Å². The molecule has 0 heterocycles. The van der Waals surface area contributed by atoms with Crippen molar-refractivity contribution in [2.75, 3.05) is 13.2 Å². The van der Waals surface area contributed by atoms with E-state index in [0.29, 0.717) is 19.3 Å². The van der Waals surface area contributed by atoms with Crippen LogP contribution < -0.4 is 0 Å². The third-order valence-corrected chi connectivity index (χ3v) is 10.8. The van der Waals surface area contributed by atoms with Crippen molar-refractivity contribution in [3.05, 3.63) is 97.2 Å². The molecule has 0 aliphatic carbocycles. The zero-order valence-corrected chi connectivity index (χ0v) is 41.5. The predicted molar refractivity (Wildman–Crippen MR) is 274 cm³/mol. The molecule has 6 heteroatoms. The van der Waals surface area contributed by atoms with Crippen molar-refractivity contribution in [2.24, 2.45) is 0 Å². The summed E-state index contributed by atoms with van der Waals surface area (Å²) >= 11 is 0. The van der Waals surface area contributed by atoms with Crippen LogP contribution in [0, 0.1) is 0 Å². The maximum Gasteiger partial charge on any atom is 0.306 e. The van der Waals surface area contributed by atoms with Crippen LogP contribution in [0.25, 0.3) is 0 Å². The molecule has 0 aromatic rings. The highest BCUT2D eigenvalue weighted by molar-refractivity contribution is 5.71. The van der Waals surface area contributed by atoms with Gasteiger partial charge in [-0.05, 0) is 89.9 Å². The van der Waals surface area contributed by atoms with Gasteiger partial charge in [-0.3, -0.25) is 14.4 Å². The van der Waals surface area contributed by atoms with E-state index in [2.05, 4.69) is 112 Å². The summed E-state index contributed by atoms with van der Waals surface area (Å²) in [5.41, 5.74) is 0. The first kappa shape index (κ1) is 60.3. The first-order chi connectivity index (χ1) is 31.5. The van der Waals surface area contributed by atoms with Crippen LogP contribution in [-0.2, 0) is 28.6 Å². The summed E-state index contributed by atoms with van der Waals surface area (Å²) in [5, 5.41) is 0. The van der Waals surface area contributed by atoms with Crippen molar-refractivity contribution in [3.63, 3.8) is 0 Å². The van der Waals surface area contributed by atoms with Gasteiger partial charge in [-0.2, -0.15) is 0 Å². The van der Waals surface area contributed by atoms with Crippen LogP contribution in [0.5, 0.6) is 0 Å². The number of allylic oxidation sites excluding steroid dienone is 16. The number of rotatable bonds is 46. The van der Waals surface area contributed by atoms with Gasteiger partial charge in [0, 0.05) is 19.3 Å². The van der Waals surface area contributed by atoms with Gasteiger partial charge < -0.3 is 14.2 Å². The molecule has 0 aromatic heterocycles. The molecule has 0 rings (SSSR count). The molecule has 0 saturated heterocycles. The van der Waals surface area contributed by atoms with E-state index in [-0.39, 0.29) is 37.5 Å². The summed E-state index contributed by atoms with van der Waals surface area (Å²) in [6.45, 7) is 6.42. The monoisotopic (exact) mass is 889 g/mol. The molecular formula is C58H96O6. The Hall–Kier alpha value is -3.67. The minimum Gasteiger partial charge on any atom is -0.462 e. The quantitative estimate of drug-likeness (QED) is 0.0262. The van der Waals surface area contributed by atoms with Gasteiger partial charge in [0.2, 0.25) is 0 Å². The summed E-state index contributed by atoms with van der Waals surface area (Å²) in [7, 11) is 0. The molecule has 364 valence electrons. The standard InChI is InChI=1S/C58H96O6/c1-4-7-10-13-16-19-22-24-26-28-29-30-32-33-36-39-42-45-48-51-57(60)63-54-55(53-62-56(59)50-47-44-41-38-35-21-18-15-12-9-6-3)64-58(61)52-49-46-43-40-37-34-31-27-25-23-20-17-14-11-8-5-2/h7,10,16,19-20,23-24,26-27,29-31,33,36,42,45,55H,4-6,8-9,11-15,17-18,21-22,25,28,32,34-35,37-41,43-44,46-54H2,1-3H3/b10-7-,19-16-,23-20-,26-24-,30-29-,31-27-,36-33-,45-42-. The Bertz CT molecular complexity index is 1300. The van der Waals surface area contributed by atoms with E-state index in [1.165, 1.54) is 83.5 Å². The van der Waals surface area contributed by atoms with E-state index < -0.39 is 6.10 Å². The fourth-order valence-corrected chi connectivity index (χ4v) is 6.91. The average molecular weight is 889 g/mol. The number of ether oxygens (including phenoxy) is 3. The molecule has 1 unspecified atom stereocenters. The number of carbonyl (C=O) groups excluding carboxylic acids is 3. The maximum absolute atomic E-state index is 12.8. The molecule has 0 radical (unpaired) electrons. The largest absolute Gasteiger partial charge is 0.462 e. The predicted octanol–water partition coefficient (Wildman–Crippen LogP) is 17.4. The van der Waals surface area contributed by atoms with E-state index in [1.807, 2.05) is 6.08 Å². The molecule has 1 atom stereocenters. The Balaban J connectivity index is 4.51. The van der Waals surface area contributed by atoms with Crippen molar-refractivity contribution in [3.8, 4) is 0 Å². The molecule has 0 aromatic carbocycles. The second kappa shape index (κ2) is 52.0. The fraction of sp³-hybridized carbons (Fsp3) is 0.672. The van der Waals surface area contributed by atoms with Gasteiger partial charge in [0.05, 0.1) is 0 Å². The van der Waals surface area contributed by atoms with Gasteiger partial charge >= 0.3 is 17.9 Å². The summed E-state index contributed by atoms with van der Waals surface area (Å²) in [6, 6.07) is 0. The Kier molecular flexibility index (Phi) is 49.0. The van der Waals surface area contributed by atoms with E-state index in [9.17, 15) is 14.4 Å². The van der Waals surface area contributed by atoms with Gasteiger partial charge in [0.15, 0.2) is 6.10 Å². The highest BCUT2D eigenvalue weighted by Gasteiger charge is 2.19. The van der Waals surface area contributed by atoms with Crippen LogP contribution in [0.3, 0.4) is 0 Å². The Morgan fingerprint density at radius 1 is 0.328 bits per heavy atom. The van der Waals surface area contributed by atoms with Gasteiger partial charge in [-0.15, -0.1) is 0 Å². The fourth-order valence-electron chi connectivity index (χ4n) is 6.91. The molecule has 0 bridgehead atoms. The van der Waals surface area contributed by atoms with Gasteiger partial charge in [0.25, 0.3) is 0 Å². The van der Waals surface area contributed by atoms with E-state index in [0.717, 1.165) is 103 Å². The van der Waals surface area contributed by atoms with Crippen LogP contribution in [0.15, 0.2) is 97.2 Å². The zero-order valence-electron chi connectivity index (χ0n) is 41.5. The first-order valence-electron chi connectivity index (χ1n) is 26.2. The normalized spacial score (nSPS) is 12.9. The molecule has 64 heavy (non-hydrogen) atoms. The molecule has 0 saturated carbocycles. The van der Waals surface area contributed by atoms with E-state index in [4.69, 9.17) is 14.2 Å². The number of carbonyl (C=O) groups is 3. The average Bonchev–Trinajstić information content (AvgIpc) is 3.29. The van der Waals surface area contributed by atoms with Crippen LogP contribution in [0.2, 0.25) is 0 Å². The van der Waals surface area contributed by atoms with Gasteiger partial charge in [-0.1, -0.05) is 221 Å². The molecule has 0 amide bonds. The molecular weight excluding hydrogens is 793 g/mol. The summed E-state index contributed by atoms with van der Waals surface area (Å²) < 4.78 is 16.7. The van der Waals surface area contributed by atoms with E-state index >= 15 is 0 Å². The molecule has 0 aliphatic rings. The number of esters is 3. The van der Waals surface area contributed by atoms with Crippen molar-refractivity contribution in [1.82, 2.24) is 0 Å². The maximum atomic E-state index is 12.8. The van der Waals surface area contributed by atoms with Crippen LogP contribution in [-0.4, -0.2) is 37.2 Å². The topological polar surface area (TPSA) is 78.9 Å². The van der Waals surface area contributed by atoms with Crippen molar-refractivity contribution < 1.29 is 28.6 Å². The molecule has 0 spiro atoms. The molecule has 0 aliphatic heterocycles. The number of hydrogen-bond donors (Lipinski definition) is 0. The minimum atomic E-state index is -0.814. The van der Waals surface area contributed by atoms with Gasteiger partial charge in [0.1, 0.15) is 13.2 Å².